The minimum absolute atomic E-state index is 0.0382. The third kappa shape index (κ3) is 33.5. The van der Waals surface area contributed by atoms with Crippen LogP contribution in [-0.4, -0.2) is 24.3 Å². The molecule has 0 aromatic rings. The van der Waals surface area contributed by atoms with Crippen LogP contribution in [0.3, 0.4) is 0 Å². The lowest BCUT2D eigenvalue weighted by molar-refractivity contribution is 0.440. The number of hydrogen-bond donors (Lipinski definition) is 2. The summed E-state index contributed by atoms with van der Waals surface area (Å²) >= 11 is 0. The molecule has 0 aliphatic rings. The first kappa shape index (κ1) is 30.1. The fraction of sp³-hybridized carbons (Fsp3) is 1.00. The zero-order valence-electron chi connectivity index (χ0n) is 19.5. The molecule has 3 N–H and O–H groups in total. The zero-order chi connectivity index (χ0) is 21.7. The summed E-state index contributed by atoms with van der Waals surface area (Å²) in [5.41, 5.74) is 6.03. The highest BCUT2D eigenvalue weighted by Gasteiger charge is 2.08. The minimum atomic E-state index is -3.67. The first-order valence-corrected chi connectivity index (χ1v) is 13.5. The summed E-state index contributed by atoms with van der Waals surface area (Å²) in [6.45, 7) is 8.25. The van der Waals surface area contributed by atoms with E-state index in [0.717, 1.165) is 0 Å². The zero-order valence-corrected chi connectivity index (χ0v) is 20.3. The van der Waals surface area contributed by atoms with Gasteiger partial charge in [-0.05, 0) is 26.7 Å². The van der Waals surface area contributed by atoms with Crippen LogP contribution in [0.25, 0.3) is 0 Å². The van der Waals surface area contributed by atoms with Gasteiger partial charge in [-0.3, -0.25) is 4.55 Å². The van der Waals surface area contributed by atoms with Gasteiger partial charge in [0, 0.05) is 5.54 Å². The molecule has 4 nitrogen and oxygen atoms in total. The predicted octanol–water partition coefficient (Wildman–Crippen LogP) is 7.27. The van der Waals surface area contributed by atoms with Crippen molar-refractivity contribution < 1.29 is 13.0 Å². The first-order chi connectivity index (χ1) is 13.1. The van der Waals surface area contributed by atoms with E-state index in [1.54, 1.807) is 6.92 Å². The van der Waals surface area contributed by atoms with Gasteiger partial charge >= 0.3 is 0 Å². The van der Waals surface area contributed by atoms with Crippen LogP contribution in [0.5, 0.6) is 0 Å². The van der Waals surface area contributed by atoms with Crippen LogP contribution in [-0.2, 0) is 10.1 Å². The molecule has 0 spiro atoms. The molecule has 0 radical (unpaired) electrons. The highest BCUT2D eigenvalue weighted by Crippen LogP contribution is 2.15. The van der Waals surface area contributed by atoms with E-state index in [-0.39, 0.29) is 11.3 Å². The summed E-state index contributed by atoms with van der Waals surface area (Å²) < 4.78 is 27.6. The van der Waals surface area contributed by atoms with E-state index in [1.165, 1.54) is 103 Å². The normalized spacial score (nSPS) is 11.9. The molecule has 0 aromatic heterocycles. The molecule has 0 unspecified atom stereocenters. The van der Waals surface area contributed by atoms with Crippen molar-refractivity contribution in [1.29, 1.82) is 0 Å². The van der Waals surface area contributed by atoms with Crippen LogP contribution in [0.2, 0.25) is 0 Å². The van der Waals surface area contributed by atoms with Crippen LogP contribution in [0.1, 0.15) is 137 Å². The molecule has 0 fully saturated rings. The summed E-state index contributed by atoms with van der Waals surface area (Å²) in [5.74, 6) is -0.132. The second-order valence-electron chi connectivity index (χ2n) is 8.97. The Morgan fingerprint density at radius 2 is 0.964 bits per heavy atom. The van der Waals surface area contributed by atoms with Crippen molar-refractivity contribution in [2.45, 2.75) is 142 Å². The lowest BCUT2D eigenvalue weighted by Gasteiger charge is -2.17. The predicted molar refractivity (Wildman–Crippen MR) is 125 cm³/mol. The van der Waals surface area contributed by atoms with Gasteiger partial charge in [0.05, 0.1) is 5.75 Å². The van der Waals surface area contributed by atoms with E-state index in [9.17, 15) is 8.42 Å². The Kier molecular flexibility index (Phi) is 21.6. The Morgan fingerprint density at radius 3 is 1.18 bits per heavy atom. The maximum absolute atomic E-state index is 9.79. The van der Waals surface area contributed by atoms with Crippen LogP contribution in [0.15, 0.2) is 0 Å². The van der Waals surface area contributed by atoms with E-state index >= 15 is 0 Å². The summed E-state index contributed by atoms with van der Waals surface area (Å²) in [4.78, 5) is 0. The number of nitrogens with two attached hydrogens (primary N) is 1. The molecule has 0 aliphatic heterocycles. The molecule has 0 aromatic carbocycles. The van der Waals surface area contributed by atoms with Crippen molar-refractivity contribution in [2.24, 2.45) is 5.73 Å². The quantitative estimate of drug-likeness (QED) is 0.180. The lowest BCUT2D eigenvalue weighted by atomic mass is 9.97. The van der Waals surface area contributed by atoms with Crippen LogP contribution >= 0.6 is 0 Å². The SMILES string of the molecule is CCCCCCCCCCCCCCCCCC(C)(C)N.CCCS(=O)(=O)O. The van der Waals surface area contributed by atoms with E-state index < -0.39 is 10.1 Å². The van der Waals surface area contributed by atoms with E-state index in [1.807, 2.05) is 0 Å². The van der Waals surface area contributed by atoms with Gasteiger partial charge in [0.2, 0.25) is 0 Å². The fourth-order valence-electron chi connectivity index (χ4n) is 3.21. The Balaban J connectivity index is 0. The van der Waals surface area contributed by atoms with Gasteiger partial charge in [-0.25, -0.2) is 0 Å². The maximum atomic E-state index is 9.79. The first-order valence-electron chi connectivity index (χ1n) is 11.9. The highest BCUT2D eigenvalue weighted by atomic mass is 32.2. The number of hydrogen-bond acceptors (Lipinski definition) is 3. The second kappa shape index (κ2) is 20.2. The molecule has 0 bridgehead atoms. The van der Waals surface area contributed by atoms with Gasteiger partial charge < -0.3 is 5.73 Å². The average molecular weight is 422 g/mol. The summed E-state index contributed by atoms with van der Waals surface area (Å²) in [6, 6.07) is 0. The monoisotopic (exact) mass is 421 g/mol. The van der Waals surface area contributed by atoms with Gasteiger partial charge in [0.1, 0.15) is 0 Å². The largest absolute Gasteiger partial charge is 0.326 e. The number of rotatable bonds is 18. The van der Waals surface area contributed by atoms with Crippen LogP contribution < -0.4 is 5.73 Å². The smallest absolute Gasteiger partial charge is 0.264 e. The molecule has 28 heavy (non-hydrogen) atoms. The van der Waals surface area contributed by atoms with E-state index in [2.05, 4.69) is 20.8 Å². The average Bonchev–Trinajstić information content (AvgIpc) is 2.57. The van der Waals surface area contributed by atoms with Gasteiger partial charge in [0.25, 0.3) is 10.1 Å². The molecule has 0 saturated carbocycles. The molecular weight excluding hydrogens is 370 g/mol. The molecule has 172 valence electrons. The van der Waals surface area contributed by atoms with Crippen molar-refractivity contribution in [1.82, 2.24) is 0 Å². The standard InChI is InChI=1S/C20H43N.C3H8O3S/c1-4-5-6-7-8-9-10-11-12-13-14-15-16-17-18-19-20(2,3)21;1-2-3-7(4,5)6/h4-19,21H2,1-3H3;2-3H2,1H3,(H,4,5,6). The summed E-state index contributed by atoms with van der Waals surface area (Å²) in [7, 11) is -3.67. The van der Waals surface area contributed by atoms with Gasteiger partial charge in [-0.2, -0.15) is 8.42 Å². The highest BCUT2D eigenvalue weighted by molar-refractivity contribution is 7.85. The van der Waals surface area contributed by atoms with Crippen LogP contribution in [0.4, 0.5) is 0 Å². The molecule has 0 atom stereocenters. The summed E-state index contributed by atoms with van der Waals surface area (Å²) in [6.07, 6.45) is 23.1. The molecule has 0 saturated heterocycles. The molecule has 0 heterocycles. The number of unbranched alkanes of at least 4 members (excludes halogenated alkanes) is 14. The minimum Gasteiger partial charge on any atom is -0.326 e. The topological polar surface area (TPSA) is 80.4 Å². The van der Waals surface area contributed by atoms with E-state index in [4.69, 9.17) is 10.3 Å². The van der Waals surface area contributed by atoms with Crippen molar-refractivity contribution >= 4 is 10.1 Å². The Bertz CT molecular complexity index is 403. The van der Waals surface area contributed by atoms with Crippen molar-refractivity contribution in [3.05, 3.63) is 0 Å². The molecular formula is C23H51NO3S. The van der Waals surface area contributed by atoms with Gasteiger partial charge in [-0.15, -0.1) is 0 Å². The lowest BCUT2D eigenvalue weighted by Crippen LogP contribution is -2.31. The third-order valence-electron chi connectivity index (χ3n) is 4.89. The van der Waals surface area contributed by atoms with Crippen molar-refractivity contribution in [3.8, 4) is 0 Å². The van der Waals surface area contributed by atoms with Crippen LogP contribution in [0, 0.1) is 0 Å². The van der Waals surface area contributed by atoms with E-state index in [0.29, 0.717) is 6.42 Å². The molecule has 0 amide bonds. The van der Waals surface area contributed by atoms with Gasteiger partial charge in [0.15, 0.2) is 0 Å². The molecule has 0 rings (SSSR count). The molecule has 0 aliphatic carbocycles. The third-order valence-corrected chi connectivity index (χ3v) is 5.81. The fourth-order valence-corrected chi connectivity index (χ4v) is 3.73. The Morgan fingerprint density at radius 1 is 0.643 bits per heavy atom. The second-order valence-corrected chi connectivity index (χ2v) is 10.5. The Hall–Kier alpha value is -0.130. The molecule has 5 heteroatoms. The van der Waals surface area contributed by atoms with Gasteiger partial charge in [-0.1, -0.05) is 110 Å². The van der Waals surface area contributed by atoms with Crippen molar-refractivity contribution in [3.63, 3.8) is 0 Å². The van der Waals surface area contributed by atoms with Crippen molar-refractivity contribution in [2.75, 3.05) is 5.75 Å². The summed E-state index contributed by atoms with van der Waals surface area (Å²) in [5, 5.41) is 0. The maximum Gasteiger partial charge on any atom is 0.264 e. The Labute approximate surface area is 177 Å².